The quantitative estimate of drug-likeness (QED) is 0.835. The van der Waals surface area contributed by atoms with Gasteiger partial charge in [-0.05, 0) is 45.9 Å². The van der Waals surface area contributed by atoms with Crippen molar-refractivity contribution >= 4 is 29.0 Å². The largest absolute Gasteiger partial charge is 0.465 e. The number of nitrogens with zero attached hydrogens (tertiary/aromatic N) is 2. The predicted molar refractivity (Wildman–Crippen MR) is 89.6 cm³/mol. The van der Waals surface area contributed by atoms with E-state index in [0.717, 1.165) is 0 Å². The Morgan fingerprint density at radius 2 is 2.00 bits per heavy atom. The van der Waals surface area contributed by atoms with E-state index in [2.05, 4.69) is 10.3 Å². The van der Waals surface area contributed by atoms with Crippen molar-refractivity contribution < 1.29 is 19.1 Å². The molecule has 0 spiro atoms. The molecule has 0 aliphatic heterocycles. The van der Waals surface area contributed by atoms with Crippen LogP contribution in [0.1, 0.15) is 44.2 Å². The normalized spacial score (nSPS) is 12.7. The second kappa shape index (κ2) is 6.38. The van der Waals surface area contributed by atoms with Gasteiger partial charge in [-0.25, -0.2) is 14.6 Å². The van der Waals surface area contributed by atoms with Crippen LogP contribution in [-0.2, 0) is 9.47 Å². The highest BCUT2D eigenvalue weighted by Crippen LogP contribution is 2.23. The Balaban J connectivity index is 2.30. The van der Waals surface area contributed by atoms with E-state index in [9.17, 15) is 9.59 Å². The van der Waals surface area contributed by atoms with Crippen molar-refractivity contribution in [1.29, 1.82) is 0 Å². The van der Waals surface area contributed by atoms with E-state index in [0.29, 0.717) is 16.6 Å². The summed E-state index contributed by atoms with van der Waals surface area (Å²) in [6.45, 7) is 7.11. The predicted octanol–water partition coefficient (Wildman–Crippen LogP) is 2.45. The topological polar surface area (TPSA) is 108 Å². The Morgan fingerprint density at radius 3 is 2.58 bits per heavy atom. The van der Waals surface area contributed by atoms with Crippen LogP contribution in [0.15, 0.2) is 18.2 Å². The second-order valence-corrected chi connectivity index (χ2v) is 6.36. The molecule has 0 aliphatic rings. The molecule has 1 unspecified atom stereocenters. The Labute approximate surface area is 139 Å². The van der Waals surface area contributed by atoms with E-state index in [1.54, 1.807) is 50.5 Å². The van der Waals surface area contributed by atoms with Gasteiger partial charge in [0.2, 0.25) is 5.95 Å². The molecule has 2 rings (SSSR count). The third-order valence-corrected chi connectivity index (χ3v) is 3.25. The highest BCUT2D eigenvalue weighted by atomic mass is 16.6. The fourth-order valence-electron chi connectivity index (χ4n) is 2.31. The molecule has 130 valence electrons. The van der Waals surface area contributed by atoms with Crippen molar-refractivity contribution in [3.05, 3.63) is 23.8 Å². The van der Waals surface area contributed by atoms with Gasteiger partial charge in [-0.2, -0.15) is 0 Å². The van der Waals surface area contributed by atoms with Gasteiger partial charge < -0.3 is 20.5 Å². The first kappa shape index (κ1) is 17.6. The number of rotatable bonds is 3. The van der Waals surface area contributed by atoms with Crippen LogP contribution in [0, 0.1) is 0 Å². The highest BCUT2D eigenvalue weighted by Gasteiger charge is 2.21. The lowest BCUT2D eigenvalue weighted by atomic mass is 10.2. The number of amides is 1. The molecule has 1 amide bonds. The molecule has 2 aromatic rings. The number of benzene rings is 1. The number of imidazole rings is 1. The molecule has 1 atom stereocenters. The molecule has 0 fully saturated rings. The first-order chi connectivity index (χ1) is 11.1. The number of alkyl carbamates (subject to hydrolysis) is 1. The summed E-state index contributed by atoms with van der Waals surface area (Å²) < 4.78 is 11.6. The second-order valence-electron chi connectivity index (χ2n) is 6.36. The average Bonchev–Trinajstić information content (AvgIpc) is 2.78. The van der Waals surface area contributed by atoms with Crippen LogP contribution >= 0.6 is 0 Å². The number of esters is 1. The van der Waals surface area contributed by atoms with Crippen LogP contribution in [0.25, 0.3) is 11.0 Å². The summed E-state index contributed by atoms with van der Waals surface area (Å²) in [5.74, 6) is -0.236. The summed E-state index contributed by atoms with van der Waals surface area (Å²) in [6, 6.07) is 4.92. The lowest BCUT2D eigenvalue weighted by Gasteiger charge is -2.23. The molecule has 0 aliphatic carbocycles. The Kier molecular flexibility index (Phi) is 4.68. The summed E-state index contributed by atoms with van der Waals surface area (Å²) in [7, 11) is 1.31. The lowest BCUT2D eigenvalue weighted by Crippen LogP contribution is -2.36. The van der Waals surface area contributed by atoms with Crippen LogP contribution in [0.3, 0.4) is 0 Å². The minimum atomic E-state index is -0.595. The molecular weight excluding hydrogens is 312 g/mol. The molecular formula is C16H22N4O4. The molecule has 3 N–H and O–H groups in total. The van der Waals surface area contributed by atoms with E-state index < -0.39 is 23.8 Å². The molecule has 0 saturated heterocycles. The number of carbonyl (C=O) groups excluding carboxylic acids is 2. The lowest BCUT2D eigenvalue weighted by molar-refractivity contribution is 0.0490. The number of hydrogen-bond donors (Lipinski definition) is 2. The van der Waals surface area contributed by atoms with E-state index in [4.69, 9.17) is 15.2 Å². The number of ether oxygens (including phenoxy) is 2. The van der Waals surface area contributed by atoms with E-state index >= 15 is 0 Å². The highest BCUT2D eigenvalue weighted by molar-refractivity contribution is 5.94. The van der Waals surface area contributed by atoms with Gasteiger partial charge in [0, 0.05) is 0 Å². The molecule has 1 aromatic heterocycles. The third-order valence-electron chi connectivity index (χ3n) is 3.25. The van der Waals surface area contributed by atoms with Crippen molar-refractivity contribution in [3.8, 4) is 0 Å². The van der Waals surface area contributed by atoms with Crippen LogP contribution in [-0.4, -0.2) is 34.3 Å². The monoisotopic (exact) mass is 334 g/mol. The zero-order valence-electron chi connectivity index (χ0n) is 14.4. The van der Waals surface area contributed by atoms with E-state index in [-0.39, 0.29) is 5.95 Å². The fourth-order valence-corrected chi connectivity index (χ4v) is 2.31. The van der Waals surface area contributed by atoms with Gasteiger partial charge >= 0.3 is 12.1 Å². The molecule has 0 radical (unpaired) electrons. The number of fused-ring (bicyclic) bond motifs is 1. The van der Waals surface area contributed by atoms with Gasteiger partial charge in [-0.1, -0.05) is 0 Å². The first-order valence-electron chi connectivity index (χ1n) is 7.47. The smallest absolute Gasteiger partial charge is 0.409 e. The van der Waals surface area contributed by atoms with Crippen molar-refractivity contribution in [2.24, 2.45) is 0 Å². The van der Waals surface area contributed by atoms with Gasteiger partial charge in [0.25, 0.3) is 0 Å². The summed E-state index contributed by atoms with van der Waals surface area (Å²) >= 11 is 0. The molecule has 8 heteroatoms. The Hall–Kier alpha value is -2.77. The maximum Gasteiger partial charge on any atom is 0.409 e. The summed E-state index contributed by atoms with van der Waals surface area (Å²) in [6.07, 6.45) is -1.03. The number of methoxy groups -OCH3 is 1. The maximum atomic E-state index is 11.9. The SMILES string of the molecule is COC(=O)c1ccc2c(c1)nc(N)n2C(C)NC(=O)OC(C)(C)C. The Morgan fingerprint density at radius 1 is 1.33 bits per heavy atom. The average molecular weight is 334 g/mol. The standard InChI is InChI=1S/C16H22N4O4/c1-9(18-15(22)24-16(2,3)4)20-12-7-6-10(13(21)23-5)8-11(12)19-14(20)17/h6-9H,1-5H3,(H2,17,19)(H,18,22). The van der Waals surface area contributed by atoms with Crippen LogP contribution in [0.2, 0.25) is 0 Å². The van der Waals surface area contributed by atoms with Crippen molar-refractivity contribution in [3.63, 3.8) is 0 Å². The molecule has 1 aromatic carbocycles. The first-order valence-corrected chi connectivity index (χ1v) is 7.47. The molecule has 24 heavy (non-hydrogen) atoms. The van der Waals surface area contributed by atoms with Gasteiger partial charge in [-0.15, -0.1) is 0 Å². The number of hydrogen-bond acceptors (Lipinski definition) is 6. The zero-order valence-corrected chi connectivity index (χ0v) is 14.4. The summed E-state index contributed by atoms with van der Waals surface area (Å²) in [5.41, 5.74) is 6.96. The Bertz CT molecular complexity index is 776. The summed E-state index contributed by atoms with van der Waals surface area (Å²) in [5, 5.41) is 2.71. The number of aromatic nitrogens is 2. The number of nitrogen functional groups attached to an aromatic ring is 1. The molecule has 8 nitrogen and oxygen atoms in total. The zero-order chi connectivity index (χ0) is 18.1. The number of nitrogens with one attached hydrogen (secondary N) is 1. The number of carbonyl (C=O) groups is 2. The van der Waals surface area contributed by atoms with E-state index in [1.807, 2.05) is 0 Å². The van der Waals surface area contributed by atoms with Crippen molar-refractivity contribution in [2.45, 2.75) is 39.5 Å². The number of nitrogens with two attached hydrogens (primary N) is 1. The van der Waals surface area contributed by atoms with Crippen LogP contribution < -0.4 is 11.1 Å². The van der Waals surface area contributed by atoms with Crippen LogP contribution in [0.4, 0.5) is 10.7 Å². The summed E-state index contributed by atoms with van der Waals surface area (Å²) in [4.78, 5) is 27.8. The number of anilines is 1. The van der Waals surface area contributed by atoms with Gasteiger partial charge in [0.05, 0.1) is 23.7 Å². The van der Waals surface area contributed by atoms with Gasteiger partial charge in [0.15, 0.2) is 0 Å². The van der Waals surface area contributed by atoms with Crippen molar-refractivity contribution in [2.75, 3.05) is 12.8 Å². The third kappa shape index (κ3) is 3.76. The van der Waals surface area contributed by atoms with Gasteiger partial charge in [0.1, 0.15) is 11.8 Å². The fraction of sp³-hybridized carbons (Fsp3) is 0.438. The molecule has 0 saturated carbocycles. The van der Waals surface area contributed by atoms with Gasteiger partial charge in [-0.3, -0.25) is 4.57 Å². The minimum absolute atomic E-state index is 0.218. The van der Waals surface area contributed by atoms with Crippen molar-refractivity contribution in [1.82, 2.24) is 14.9 Å². The van der Waals surface area contributed by atoms with Crippen LogP contribution in [0.5, 0.6) is 0 Å². The van der Waals surface area contributed by atoms with E-state index in [1.165, 1.54) is 7.11 Å². The minimum Gasteiger partial charge on any atom is -0.465 e. The molecule has 0 bridgehead atoms. The molecule has 1 heterocycles. The maximum absolute atomic E-state index is 11.9.